The van der Waals surface area contributed by atoms with Crippen LogP contribution >= 0.6 is 11.3 Å². The predicted octanol–water partition coefficient (Wildman–Crippen LogP) is 8.27. The number of phenolic OH excluding ortho intramolecular Hbond substituents is 2. The first-order valence-corrected chi connectivity index (χ1v) is 20.4. The number of ether oxygens (including phenoxy) is 1. The molecule has 0 bridgehead atoms. The Morgan fingerprint density at radius 3 is 1.98 bits per heavy atom. The Balaban J connectivity index is 1.51. The van der Waals surface area contributed by atoms with Gasteiger partial charge in [0.25, 0.3) is 0 Å². The second-order valence-electron chi connectivity index (χ2n) is 15.2. The fraction of sp³-hybridized carbons (Fsp3) is 0.558. The van der Waals surface area contributed by atoms with Crippen molar-refractivity contribution in [2.24, 2.45) is 0 Å². The van der Waals surface area contributed by atoms with Gasteiger partial charge in [0.1, 0.15) is 23.3 Å². The highest BCUT2D eigenvalue weighted by Gasteiger charge is 2.31. The molecule has 1 heterocycles. The Morgan fingerprint density at radius 2 is 1.42 bits per heavy atom. The number of likely N-dealkylation sites (N-methyl/N-ethyl adjacent to an activating group) is 1. The Bertz CT molecular complexity index is 1900. The first kappa shape index (κ1) is 44.8. The van der Waals surface area contributed by atoms with Crippen LogP contribution in [0.15, 0.2) is 18.2 Å². The van der Waals surface area contributed by atoms with Crippen molar-refractivity contribution in [3.63, 3.8) is 0 Å². The molecule has 11 nitrogen and oxygen atoms in total. The van der Waals surface area contributed by atoms with Gasteiger partial charge in [-0.3, -0.25) is 9.59 Å². The average molecular weight is 777 g/mol. The van der Waals surface area contributed by atoms with Gasteiger partial charge >= 0.3 is 12.1 Å². The molecule has 3 aromatic rings. The second kappa shape index (κ2) is 22.1. The maximum atomic E-state index is 13.5. The van der Waals surface area contributed by atoms with Crippen molar-refractivity contribution in [3.05, 3.63) is 44.8 Å². The number of fused-ring (bicyclic) bond motifs is 1. The number of hydrogen-bond donors (Lipinski definition) is 3. The SMILES string of the molecule is C=c1c(C)c(O)c(=C)c(C(C)(C)CC(=O)N(C)CCN(CCCCCCCCCCCCCCCCC(=O)O)C(=O)Oc2ccc3nc(C#N)sc3c2)c1O. The zero-order chi connectivity index (χ0) is 40.5. The summed E-state index contributed by atoms with van der Waals surface area (Å²) < 4.78 is 6.54. The average Bonchev–Trinajstić information content (AvgIpc) is 3.56. The van der Waals surface area contributed by atoms with E-state index in [-0.39, 0.29) is 48.6 Å². The molecule has 0 saturated carbocycles. The molecule has 0 atom stereocenters. The van der Waals surface area contributed by atoms with Crippen molar-refractivity contribution in [3.8, 4) is 23.3 Å². The summed E-state index contributed by atoms with van der Waals surface area (Å²) >= 11 is 1.23. The van der Waals surface area contributed by atoms with E-state index in [1.54, 1.807) is 42.0 Å². The zero-order valence-electron chi connectivity index (χ0n) is 33.3. The summed E-state index contributed by atoms with van der Waals surface area (Å²) in [6.45, 7) is 14.1. The van der Waals surface area contributed by atoms with E-state index in [9.17, 15) is 29.9 Å². The number of nitriles is 1. The predicted molar refractivity (Wildman–Crippen MR) is 219 cm³/mol. The van der Waals surface area contributed by atoms with Gasteiger partial charge in [0, 0.05) is 72.6 Å². The van der Waals surface area contributed by atoms with E-state index in [1.165, 1.54) is 56.3 Å². The van der Waals surface area contributed by atoms with Crippen LogP contribution in [-0.4, -0.2) is 74.8 Å². The summed E-state index contributed by atoms with van der Waals surface area (Å²) in [5.74, 6) is -0.677. The van der Waals surface area contributed by atoms with Crippen LogP contribution < -0.4 is 15.2 Å². The number of nitrogens with zero attached hydrogens (tertiary/aromatic N) is 4. The molecule has 3 N–H and O–H groups in total. The Kier molecular flexibility index (Phi) is 18.0. The van der Waals surface area contributed by atoms with Gasteiger partial charge in [0.15, 0.2) is 5.01 Å². The van der Waals surface area contributed by atoms with Crippen LogP contribution in [0.2, 0.25) is 0 Å². The molecule has 0 aliphatic carbocycles. The van der Waals surface area contributed by atoms with Gasteiger partial charge in [-0.2, -0.15) is 5.26 Å². The lowest BCUT2D eigenvalue weighted by Gasteiger charge is -2.30. The van der Waals surface area contributed by atoms with Gasteiger partial charge in [-0.1, -0.05) is 104 Å². The van der Waals surface area contributed by atoms with Crippen molar-refractivity contribution in [2.75, 3.05) is 26.7 Å². The lowest BCUT2D eigenvalue weighted by molar-refractivity contribution is -0.137. The maximum Gasteiger partial charge on any atom is 0.415 e. The third-order valence-corrected chi connectivity index (χ3v) is 11.2. The molecule has 55 heavy (non-hydrogen) atoms. The number of rotatable bonds is 24. The molecule has 2 amide bonds. The van der Waals surface area contributed by atoms with E-state index in [0.29, 0.717) is 39.2 Å². The third-order valence-electron chi connectivity index (χ3n) is 10.3. The molecule has 0 aliphatic rings. The maximum absolute atomic E-state index is 13.5. The van der Waals surface area contributed by atoms with Crippen molar-refractivity contribution < 1.29 is 34.4 Å². The van der Waals surface area contributed by atoms with Crippen LogP contribution in [0.5, 0.6) is 17.2 Å². The van der Waals surface area contributed by atoms with Gasteiger partial charge in [0.05, 0.1) is 10.2 Å². The van der Waals surface area contributed by atoms with E-state index in [1.807, 2.05) is 19.9 Å². The lowest BCUT2D eigenvalue weighted by Crippen LogP contribution is -2.42. The number of carbonyl (C=O) groups excluding carboxylic acids is 2. The number of carboxylic acids is 1. The third kappa shape index (κ3) is 13.9. The van der Waals surface area contributed by atoms with Gasteiger partial charge in [-0.05, 0) is 31.9 Å². The van der Waals surface area contributed by atoms with E-state index in [2.05, 4.69) is 18.1 Å². The van der Waals surface area contributed by atoms with E-state index in [0.717, 1.165) is 49.6 Å². The number of hydrogen-bond acceptors (Lipinski definition) is 9. The summed E-state index contributed by atoms with van der Waals surface area (Å²) in [5, 5.41) is 40.4. The number of aliphatic carboxylic acids is 1. The molecule has 0 saturated heterocycles. The van der Waals surface area contributed by atoms with E-state index < -0.39 is 17.5 Å². The lowest BCUT2D eigenvalue weighted by atomic mass is 9.78. The largest absolute Gasteiger partial charge is 0.507 e. The smallest absolute Gasteiger partial charge is 0.415 e. The molecule has 0 unspecified atom stereocenters. The standard InChI is InChI=1S/C43H60N4O7S/c1-30-31(2)41(52)39(32(3)40(30)51)43(4,5)28-37(48)46(6)25-26-47(42(53)54-33-22-23-34-35(27-33)55-36(29-44)45-34)24-20-18-16-14-12-10-8-7-9-11-13-15-17-19-21-38(49)50/h22-23,27,51-52H,2-3,7-21,24-26,28H2,1,4-6H3,(H,49,50). The van der Waals surface area contributed by atoms with Crippen LogP contribution in [-0.2, 0) is 15.0 Å². The normalized spacial score (nSPS) is 11.4. The highest BCUT2D eigenvalue weighted by Crippen LogP contribution is 2.32. The summed E-state index contributed by atoms with van der Waals surface area (Å²) in [6, 6.07) is 7.14. The van der Waals surface area contributed by atoms with Crippen molar-refractivity contribution in [1.82, 2.24) is 14.8 Å². The first-order valence-electron chi connectivity index (χ1n) is 19.6. The second-order valence-corrected chi connectivity index (χ2v) is 16.3. The molecule has 300 valence electrons. The zero-order valence-corrected chi connectivity index (χ0v) is 34.1. The van der Waals surface area contributed by atoms with Crippen molar-refractivity contribution in [2.45, 2.75) is 129 Å². The summed E-state index contributed by atoms with van der Waals surface area (Å²) in [6.07, 6.45) is 15.1. The Morgan fingerprint density at radius 1 is 0.855 bits per heavy atom. The molecule has 0 aliphatic heterocycles. The van der Waals surface area contributed by atoms with Crippen molar-refractivity contribution in [1.29, 1.82) is 5.26 Å². The monoisotopic (exact) mass is 776 g/mol. The number of thiazole rings is 1. The van der Waals surface area contributed by atoms with Crippen molar-refractivity contribution >= 4 is 52.7 Å². The fourth-order valence-electron chi connectivity index (χ4n) is 6.86. The van der Waals surface area contributed by atoms with Gasteiger partial charge in [-0.25, -0.2) is 9.78 Å². The molecule has 0 spiro atoms. The fourth-order valence-corrected chi connectivity index (χ4v) is 7.65. The number of unbranched alkanes of at least 4 members (excludes halogenated alkanes) is 13. The Hall–Kier alpha value is -4.63. The summed E-state index contributed by atoms with van der Waals surface area (Å²) in [4.78, 5) is 45.1. The minimum absolute atomic E-state index is 0.0295. The number of amides is 2. The van der Waals surface area contributed by atoms with Gasteiger partial charge in [0.2, 0.25) is 5.91 Å². The molecular weight excluding hydrogens is 717 g/mol. The summed E-state index contributed by atoms with van der Waals surface area (Å²) in [7, 11) is 1.68. The van der Waals surface area contributed by atoms with Crippen LogP contribution in [0.25, 0.3) is 23.4 Å². The minimum atomic E-state index is -0.866. The number of aromatic nitrogens is 1. The molecule has 3 rings (SSSR count). The van der Waals surface area contributed by atoms with Gasteiger partial charge in [-0.15, -0.1) is 11.3 Å². The number of carboxylic acid groups (broad SMARTS) is 1. The van der Waals surface area contributed by atoms with E-state index >= 15 is 0 Å². The van der Waals surface area contributed by atoms with Gasteiger partial charge < -0.3 is 29.9 Å². The number of phenols is 2. The van der Waals surface area contributed by atoms with E-state index in [4.69, 9.17) is 9.84 Å². The first-order chi connectivity index (χ1) is 26.2. The quantitative estimate of drug-likeness (QED) is 0.0600. The van der Waals surface area contributed by atoms with Crippen LogP contribution in [0.1, 0.15) is 133 Å². The number of carbonyl (C=O) groups is 3. The molecule has 0 radical (unpaired) electrons. The molecule has 1 aromatic heterocycles. The summed E-state index contributed by atoms with van der Waals surface area (Å²) in [5.41, 5.74) is 0.619. The highest BCUT2D eigenvalue weighted by atomic mass is 32.1. The molecule has 0 fully saturated rings. The highest BCUT2D eigenvalue weighted by molar-refractivity contribution is 7.19. The minimum Gasteiger partial charge on any atom is -0.507 e. The number of benzene rings is 2. The van der Waals surface area contributed by atoms with Crippen LogP contribution in [0.4, 0.5) is 4.79 Å². The topological polar surface area (TPSA) is 164 Å². The Labute approximate surface area is 329 Å². The van der Waals surface area contributed by atoms with Crippen LogP contribution in [0.3, 0.4) is 0 Å². The van der Waals surface area contributed by atoms with Crippen LogP contribution in [0, 0.1) is 18.3 Å². The number of aromatic hydroxyl groups is 2. The molecular formula is C43H60N4O7S. The molecule has 12 heteroatoms. The molecule has 2 aromatic carbocycles.